The molecule has 0 rings (SSSR count). The van der Waals surface area contributed by atoms with Crippen LogP contribution < -0.4 is 0 Å². The Morgan fingerprint density at radius 2 is 0.806 bits per heavy atom. The van der Waals surface area contributed by atoms with Crippen LogP contribution in [0.15, 0.2) is 36.5 Å². The molecule has 0 aliphatic heterocycles. The van der Waals surface area contributed by atoms with Gasteiger partial charge in [0.15, 0.2) is 0 Å². The Kier molecular flexibility index (Phi) is 15.0. The minimum absolute atomic E-state index is 0.285. The van der Waals surface area contributed by atoms with Crippen molar-refractivity contribution in [3.8, 4) is 0 Å². The van der Waals surface area contributed by atoms with Gasteiger partial charge in [-0.1, -0.05) is 0 Å². The summed E-state index contributed by atoms with van der Waals surface area (Å²) in [5, 5.41) is 0. The van der Waals surface area contributed by atoms with E-state index in [2.05, 4.69) is 120 Å². The Hall–Kier alpha value is 1.11. The average molecular weight is 593 g/mol. The molecule has 0 aliphatic carbocycles. The molecular formula is C28H48BaCl2. The molecule has 0 heterocycles. The summed E-state index contributed by atoms with van der Waals surface area (Å²) in [4.78, 5) is -0.571. The molecule has 0 aromatic rings. The fourth-order valence-electron chi connectivity index (χ4n) is 3.89. The second kappa shape index (κ2) is 14.5. The molecule has 0 saturated heterocycles. The van der Waals surface area contributed by atoms with Gasteiger partial charge in [0.25, 0.3) is 0 Å². The van der Waals surface area contributed by atoms with Crippen molar-refractivity contribution in [2.45, 2.75) is 92.8 Å². The maximum absolute atomic E-state index is 6.96. The van der Waals surface area contributed by atoms with Gasteiger partial charge in [-0.2, -0.15) is 0 Å². The third-order valence-electron chi connectivity index (χ3n) is 6.75. The molecule has 0 nitrogen and oxygen atoms in total. The van der Waals surface area contributed by atoms with Crippen LogP contribution in [0.25, 0.3) is 0 Å². The topological polar surface area (TPSA) is 0 Å². The number of rotatable bonds is 12. The van der Waals surface area contributed by atoms with Crippen LogP contribution in [-0.2, 0) is 0 Å². The molecule has 0 atom stereocenters. The maximum atomic E-state index is 6.96. The third-order valence-corrected chi connectivity index (χ3v) is 17.9. The van der Waals surface area contributed by atoms with Gasteiger partial charge in [0.1, 0.15) is 0 Å². The van der Waals surface area contributed by atoms with Gasteiger partial charge in [-0.25, -0.2) is 0 Å². The van der Waals surface area contributed by atoms with Crippen LogP contribution in [0, 0.1) is 35.5 Å². The van der Waals surface area contributed by atoms with Crippen molar-refractivity contribution >= 4 is 67.4 Å². The van der Waals surface area contributed by atoms with E-state index in [1.54, 1.807) is 0.0821 Å². The van der Waals surface area contributed by atoms with E-state index < -0.39 is 44.2 Å². The zero-order chi connectivity index (χ0) is 24.6. The molecule has 0 radical (unpaired) electrons. The molecule has 0 aromatic heterocycles. The Bertz CT molecular complexity index is 574. The summed E-state index contributed by atoms with van der Waals surface area (Å²) in [5.74, 6) is 2.78. The van der Waals surface area contributed by atoms with Gasteiger partial charge in [-0.15, -0.1) is 0 Å². The summed E-state index contributed by atoms with van der Waals surface area (Å²) in [7, 11) is 0. The van der Waals surface area contributed by atoms with Crippen molar-refractivity contribution in [3.05, 3.63) is 36.5 Å². The van der Waals surface area contributed by atoms with E-state index in [0.29, 0.717) is 35.5 Å². The summed E-state index contributed by atoms with van der Waals surface area (Å²) in [6.07, 6.45) is 13.7. The van der Waals surface area contributed by atoms with Crippen LogP contribution in [0.3, 0.4) is 0 Å². The average Bonchev–Trinajstić information content (AvgIpc) is 2.64. The van der Waals surface area contributed by atoms with Gasteiger partial charge < -0.3 is 0 Å². The molecule has 176 valence electrons. The van der Waals surface area contributed by atoms with E-state index in [4.69, 9.17) is 23.2 Å². The van der Waals surface area contributed by atoms with Crippen molar-refractivity contribution in [3.63, 3.8) is 0 Å². The SMILES string of the molecule is CC(C)[C](=CC=CC(Cl)(C(C)C)C(C)C)[Ba][C](=CC=CC(Cl)(C(C)C)C(C)C)C(C)C. The predicted molar refractivity (Wildman–Crippen MR) is 146 cm³/mol. The molecule has 0 aliphatic rings. The van der Waals surface area contributed by atoms with Crippen molar-refractivity contribution in [1.82, 2.24) is 0 Å². The van der Waals surface area contributed by atoms with Gasteiger partial charge in [-0.05, 0) is 0 Å². The first-order valence-corrected chi connectivity index (χ1v) is 17.4. The molecule has 0 unspecified atom stereocenters. The summed E-state index contributed by atoms with van der Waals surface area (Å²) < 4.78 is 3.31. The Labute approximate surface area is 229 Å². The van der Waals surface area contributed by atoms with E-state index in [1.807, 2.05) is 0 Å². The van der Waals surface area contributed by atoms with Crippen LogP contribution in [0.4, 0.5) is 0 Å². The van der Waals surface area contributed by atoms with Crippen LogP contribution in [0.1, 0.15) is 83.1 Å². The normalized spacial score (nSPS) is 15.2. The van der Waals surface area contributed by atoms with Gasteiger partial charge in [0.2, 0.25) is 0 Å². The van der Waals surface area contributed by atoms with Gasteiger partial charge in [0.05, 0.1) is 0 Å². The first-order valence-electron chi connectivity index (χ1n) is 12.2. The molecule has 0 spiro atoms. The van der Waals surface area contributed by atoms with E-state index in [0.717, 1.165) is 0 Å². The van der Waals surface area contributed by atoms with E-state index in [9.17, 15) is 0 Å². The van der Waals surface area contributed by atoms with Crippen molar-refractivity contribution in [2.75, 3.05) is 0 Å². The second-order valence-electron chi connectivity index (χ2n) is 11.0. The van der Waals surface area contributed by atoms with E-state index in [-0.39, 0.29) is 9.75 Å². The molecule has 0 saturated carbocycles. The Balaban J connectivity index is 5.82. The number of hydrogen-bond acceptors (Lipinski definition) is 0. The third kappa shape index (κ3) is 10.1. The van der Waals surface area contributed by atoms with Crippen molar-refractivity contribution in [1.29, 1.82) is 0 Å². The summed E-state index contributed by atoms with van der Waals surface area (Å²) >= 11 is 12.5. The molecule has 3 heteroatoms. The fourth-order valence-corrected chi connectivity index (χ4v) is 9.67. The molecule has 0 N–H and O–H groups in total. The van der Waals surface area contributed by atoms with Gasteiger partial charge in [-0.3, -0.25) is 0 Å². The monoisotopic (exact) mass is 592 g/mol. The fraction of sp³-hybridized carbons (Fsp3) is 0.714. The summed E-state index contributed by atoms with van der Waals surface area (Å²) in [5.41, 5.74) is 0. The zero-order valence-electron chi connectivity index (χ0n) is 22.4. The Morgan fingerprint density at radius 1 is 0.548 bits per heavy atom. The first-order chi connectivity index (χ1) is 14.1. The molecule has 0 bridgehead atoms. The quantitative estimate of drug-likeness (QED) is 0.120. The molecule has 0 amide bonds. The number of hydrogen-bond donors (Lipinski definition) is 0. The molecule has 0 fully saturated rings. The first kappa shape index (κ1) is 32.1. The van der Waals surface area contributed by atoms with Crippen LogP contribution >= 0.6 is 23.2 Å². The number of allylic oxidation sites excluding steroid dienone is 8. The Morgan fingerprint density at radius 3 is 1.00 bits per heavy atom. The number of alkyl halides is 2. The van der Waals surface area contributed by atoms with Gasteiger partial charge >= 0.3 is 232 Å². The second-order valence-corrected chi connectivity index (χ2v) is 18.5. The predicted octanol–water partition coefficient (Wildman–Crippen LogP) is 9.46. The van der Waals surface area contributed by atoms with E-state index in [1.165, 1.54) is 0 Å². The standard InChI is InChI=1S/2C14H24Cl.Ba/c2*1-11(2)9-7-8-10-14(15,12(3)4)13(5)6;/h2*7-8,10-13H,1-6H3;. The zero-order valence-corrected chi connectivity index (χ0v) is 28.3. The van der Waals surface area contributed by atoms with Crippen LogP contribution in [-0.4, -0.2) is 53.9 Å². The van der Waals surface area contributed by atoms with E-state index >= 15 is 0 Å². The summed E-state index contributed by atoms with van der Waals surface area (Å²) in [6.45, 7) is 27.0. The van der Waals surface area contributed by atoms with Crippen LogP contribution in [0.2, 0.25) is 0 Å². The molecule has 31 heavy (non-hydrogen) atoms. The molecular weight excluding hydrogens is 545 g/mol. The van der Waals surface area contributed by atoms with Crippen molar-refractivity contribution < 1.29 is 0 Å². The minimum atomic E-state index is -1.43. The number of halogens is 2. The van der Waals surface area contributed by atoms with Gasteiger partial charge in [0, 0.05) is 0 Å². The summed E-state index contributed by atoms with van der Waals surface area (Å²) in [6, 6.07) is 0. The van der Waals surface area contributed by atoms with Crippen LogP contribution in [0.5, 0.6) is 0 Å². The van der Waals surface area contributed by atoms with Crippen molar-refractivity contribution in [2.24, 2.45) is 35.5 Å². The molecule has 0 aromatic carbocycles.